The molecular weight excluding hydrogens is 1230 g/mol. The first kappa shape index (κ1) is 63.3. The second-order valence-corrected chi connectivity index (χ2v) is 19.2. The van der Waals surface area contributed by atoms with Crippen molar-refractivity contribution in [2.24, 2.45) is 17.2 Å². The van der Waals surface area contributed by atoms with E-state index in [0.29, 0.717) is 30.7 Å². The predicted molar refractivity (Wildman–Crippen MR) is 293 cm³/mol. The van der Waals surface area contributed by atoms with E-state index >= 15 is 0 Å². The number of amides is 3. The summed E-state index contributed by atoms with van der Waals surface area (Å²) in [5, 5.41) is 0.971. The zero-order valence-electron chi connectivity index (χ0n) is 40.5. The van der Waals surface area contributed by atoms with Gasteiger partial charge in [0.05, 0.1) is 37.9 Å². The average molecular weight is 1270 g/mol. The molecular formula is C55H42Br2Cl3F6N3O9. The van der Waals surface area contributed by atoms with Gasteiger partial charge in [-0.2, -0.15) is 26.3 Å². The Balaban J connectivity index is 0.000000253. The summed E-state index contributed by atoms with van der Waals surface area (Å²) in [7, 11) is 0. The fourth-order valence-corrected chi connectivity index (χ4v) is 7.91. The average Bonchev–Trinajstić information content (AvgIpc) is 3.37. The molecule has 0 aliphatic heterocycles. The molecule has 23 heteroatoms. The quantitative estimate of drug-likeness (QED) is 0.0323. The van der Waals surface area contributed by atoms with E-state index in [1.54, 1.807) is 56.3 Å². The number of allylic oxidation sites excluding steroid dienone is 3. The second-order valence-electron chi connectivity index (χ2n) is 16.2. The Bertz CT molecular complexity index is 3330. The molecule has 3 amide bonds. The number of hydrogen-bond acceptors (Lipinski definition) is 9. The van der Waals surface area contributed by atoms with Crippen molar-refractivity contribution in [2.45, 2.75) is 26.2 Å². The van der Waals surface area contributed by atoms with Crippen molar-refractivity contribution in [1.29, 1.82) is 0 Å². The Morgan fingerprint density at radius 3 is 1.29 bits per heavy atom. The van der Waals surface area contributed by atoms with Gasteiger partial charge in [-0.1, -0.05) is 103 Å². The second kappa shape index (κ2) is 28.9. The molecule has 6 aromatic rings. The molecule has 0 spiro atoms. The van der Waals surface area contributed by atoms with E-state index in [9.17, 15) is 55.1 Å². The number of carbonyl (C=O) groups is 6. The van der Waals surface area contributed by atoms with Crippen LogP contribution in [-0.2, 0) is 26.7 Å². The van der Waals surface area contributed by atoms with E-state index in [-0.39, 0.29) is 74.1 Å². The Hall–Kier alpha value is -7.23. The number of alkyl halides is 6. The van der Waals surface area contributed by atoms with Gasteiger partial charge in [-0.25, -0.2) is 0 Å². The van der Waals surface area contributed by atoms with Crippen LogP contribution >= 0.6 is 66.7 Å². The monoisotopic (exact) mass is 1270 g/mol. The van der Waals surface area contributed by atoms with Gasteiger partial charge >= 0.3 is 12.4 Å². The smallest absolute Gasteiger partial charge is 0.416 e. The van der Waals surface area contributed by atoms with Crippen molar-refractivity contribution < 1.29 is 69.3 Å². The van der Waals surface area contributed by atoms with Crippen LogP contribution in [0.4, 0.5) is 26.3 Å². The third kappa shape index (κ3) is 20.6. The van der Waals surface area contributed by atoms with Gasteiger partial charge in [-0.15, -0.1) is 0 Å². The minimum atomic E-state index is -4.47. The molecule has 0 saturated carbocycles. The first-order valence-corrected chi connectivity index (χ1v) is 24.8. The third-order valence-corrected chi connectivity index (χ3v) is 11.8. The fraction of sp³-hybridized carbons (Fsp3) is 0.127. The lowest BCUT2D eigenvalue weighted by molar-refractivity contribution is -0.138. The zero-order chi connectivity index (χ0) is 58.1. The Labute approximate surface area is 474 Å². The van der Waals surface area contributed by atoms with Crippen LogP contribution in [0.15, 0.2) is 136 Å². The lowest BCUT2D eigenvalue weighted by atomic mass is 10.0. The van der Waals surface area contributed by atoms with E-state index in [2.05, 4.69) is 31.9 Å². The number of para-hydroxylation sites is 1. The Morgan fingerprint density at radius 2 is 0.885 bits per heavy atom. The summed E-state index contributed by atoms with van der Waals surface area (Å²) in [5.74, 6) is -2.80. The number of primary amides is 3. The zero-order valence-corrected chi connectivity index (χ0v) is 46.0. The minimum absolute atomic E-state index is 0.144. The van der Waals surface area contributed by atoms with Crippen molar-refractivity contribution >= 4 is 120 Å². The SMILES string of the molecule is Cc1cc(/C=C/C(=O)c2cc(Br)ccc2OCC(N)=O)cc(C(F)(F)F)c1.Cc1cc(/C=C/C(=O)c2ccccc2OCC(N)=O)cc(C(F)(F)F)c1.NC(=O)COc1ccc(Br)cc1C(=O)/C=C/c1cc(Cl)cc(Cl)c1Cl. The third-order valence-electron chi connectivity index (χ3n) is 9.82. The molecule has 408 valence electrons. The topological polar surface area (TPSA) is 208 Å². The summed E-state index contributed by atoms with van der Waals surface area (Å²) >= 11 is 24.5. The molecule has 0 fully saturated rings. The van der Waals surface area contributed by atoms with E-state index in [1.165, 1.54) is 66.8 Å². The van der Waals surface area contributed by atoms with Gasteiger partial charge < -0.3 is 31.4 Å². The molecule has 78 heavy (non-hydrogen) atoms. The van der Waals surface area contributed by atoms with Gasteiger partial charge in [0.25, 0.3) is 17.7 Å². The van der Waals surface area contributed by atoms with E-state index in [0.717, 1.165) is 36.4 Å². The van der Waals surface area contributed by atoms with Gasteiger partial charge in [-0.05, 0) is 151 Å². The van der Waals surface area contributed by atoms with E-state index in [4.69, 9.17) is 66.2 Å². The van der Waals surface area contributed by atoms with Crippen LogP contribution < -0.4 is 31.4 Å². The first-order chi connectivity index (χ1) is 36.5. The van der Waals surface area contributed by atoms with Crippen molar-refractivity contribution in [2.75, 3.05) is 19.8 Å². The van der Waals surface area contributed by atoms with Gasteiger partial charge in [0.15, 0.2) is 37.2 Å². The van der Waals surface area contributed by atoms with Crippen LogP contribution in [0.3, 0.4) is 0 Å². The molecule has 6 rings (SSSR count). The molecule has 0 saturated heterocycles. The molecule has 6 N–H and O–H groups in total. The van der Waals surface area contributed by atoms with Crippen LogP contribution in [-0.4, -0.2) is 54.9 Å². The Kier molecular flexibility index (Phi) is 23.5. The number of hydrogen-bond donors (Lipinski definition) is 3. The van der Waals surface area contributed by atoms with Crippen LogP contribution in [0.1, 0.15) is 70.0 Å². The maximum Gasteiger partial charge on any atom is 0.416 e. The standard InChI is InChI=1S/C19H15BrF3NO3.C19H16F3NO3.C17H11BrCl3NO3/c1-11-6-12(8-13(7-11)19(21,22)23)2-4-16(25)15-9-14(20)3-5-17(15)27-10-18(24)26;1-12-8-13(10-14(9-12)19(20,21)22)6-7-16(24)15-4-2-3-5-17(15)26-11-18(23)25;18-10-2-4-15(25-8-16(22)24)12(6-10)14(23)3-1-9-5-11(19)7-13(20)17(9)21/h2-9H,10H2,1H3,(H2,24,26);2-10H,11H2,1H3,(H2,23,25);1-7H,8H2,(H2,22,24)/b4-2+;7-6+;3-1+. The molecule has 6 aromatic carbocycles. The summed E-state index contributed by atoms with van der Waals surface area (Å²) < 4.78 is 94.3. The van der Waals surface area contributed by atoms with Gasteiger partial charge in [0.1, 0.15) is 17.2 Å². The molecule has 0 unspecified atom stereocenters. The highest BCUT2D eigenvalue weighted by Crippen LogP contribution is 2.34. The van der Waals surface area contributed by atoms with Crippen LogP contribution in [0.25, 0.3) is 18.2 Å². The maximum absolute atomic E-state index is 12.9. The summed E-state index contributed by atoms with van der Waals surface area (Å²) in [6.45, 7) is 1.96. The normalized spacial score (nSPS) is 11.3. The van der Waals surface area contributed by atoms with E-state index < -0.39 is 59.4 Å². The number of nitrogens with two attached hydrogens (primary N) is 3. The number of aryl methyl sites for hydroxylation is 2. The lowest BCUT2D eigenvalue weighted by Gasteiger charge is -2.09. The van der Waals surface area contributed by atoms with Crippen LogP contribution in [0.5, 0.6) is 17.2 Å². The highest BCUT2D eigenvalue weighted by molar-refractivity contribution is 9.10. The van der Waals surface area contributed by atoms with Crippen LogP contribution in [0.2, 0.25) is 15.1 Å². The number of benzene rings is 6. The van der Waals surface area contributed by atoms with Crippen molar-refractivity contribution in [1.82, 2.24) is 0 Å². The molecule has 0 radical (unpaired) electrons. The summed E-state index contributed by atoms with van der Waals surface area (Å²) in [5.41, 5.74) is 16.0. The Morgan fingerprint density at radius 1 is 0.500 bits per heavy atom. The van der Waals surface area contributed by atoms with Crippen molar-refractivity contribution in [3.63, 3.8) is 0 Å². The van der Waals surface area contributed by atoms with E-state index in [1.807, 2.05) is 0 Å². The maximum atomic E-state index is 12.9. The molecule has 0 aliphatic rings. The van der Waals surface area contributed by atoms with Crippen LogP contribution in [0, 0.1) is 13.8 Å². The summed E-state index contributed by atoms with van der Waals surface area (Å²) in [6.07, 6.45) is -1.23. The highest BCUT2D eigenvalue weighted by Gasteiger charge is 2.31. The first-order valence-electron chi connectivity index (χ1n) is 22.1. The molecule has 0 aromatic heterocycles. The summed E-state index contributed by atoms with van der Waals surface area (Å²) in [4.78, 5) is 69.9. The lowest BCUT2D eigenvalue weighted by Crippen LogP contribution is -2.20. The van der Waals surface area contributed by atoms with Crippen molar-refractivity contribution in [3.05, 3.63) is 207 Å². The minimum Gasteiger partial charge on any atom is -0.483 e. The number of ketones is 3. The predicted octanol–water partition coefficient (Wildman–Crippen LogP) is 13.5. The number of halogens is 11. The molecule has 0 aliphatic carbocycles. The molecule has 0 atom stereocenters. The number of rotatable bonds is 18. The molecule has 12 nitrogen and oxygen atoms in total. The highest BCUT2D eigenvalue weighted by atomic mass is 79.9. The fourth-order valence-electron chi connectivity index (χ4n) is 6.50. The summed E-state index contributed by atoms with van der Waals surface area (Å²) in [6, 6.07) is 25.8. The largest absolute Gasteiger partial charge is 0.483 e. The molecule has 0 bridgehead atoms. The molecule has 0 heterocycles. The van der Waals surface area contributed by atoms with Gasteiger partial charge in [0.2, 0.25) is 0 Å². The van der Waals surface area contributed by atoms with Crippen molar-refractivity contribution in [3.8, 4) is 17.2 Å². The van der Waals surface area contributed by atoms with Gasteiger partial charge in [-0.3, -0.25) is 28.8 Å². The number of carbonyl (C=O) groups excluding carboxylic acids is 6. The van der Waals surface area contributed by atoms with Gasteiger partial charge in [0, 0.05) is 14.0 Å². The number of ether oxygens (including phenoxy) is 3.